The van der Waals surface area contributed by atoms with Crippen LogP contribution < -0.4 is 0 Å². The van der Waals surface area contributed by atoms with Crippen molar-refractivity contribution >= 4 is 11.6 Å². The summed E-state index contributed by atoms with van der Waals surface area (Å²) in [5, 5.41) is 0. The molecular formula is C14H24O2. The first kappa shape index (κ1) is 13.4. The molecular weight excluding hydrogens is 200 g/mol. The van der Waals surface area contributed by atoms with Crippen LogP contribution >= 0.6 is 0 Å². The fourth-order valence-corrected chi connectivity index (χ4v) is 2.84. The molecule has 0 heterocycles. The van der Waals surface area contributed by atoms with Crippen LogP contribution in [-0.4, -0.2) is 11.6 Å². The molecule has 0 N–H and O–H groups in total. The number of Topliss-reactive ketones (excluding diaryl/α,β-unsaturated/α-hetero) is 2. The quantitative estimate of drug-likeness (QED) is 0.716. The van der Waals surface area contributed by atoms with Crippen molar-refractivity contribution in [1.82, 2.24) is 0 Å². The molecule has 0 aliphatic heterocycles. The van der Waals surface area contributed by atoms with Gasteiger partial charge >= 0.3 is 0 Å². The Labute approximate surface area is 98.8 Å². The smallest absolute Gasteiger partial charge is 0.138 e. The molecule has 1 saturated carbocycles. The first-order chi connectivity index (χ1) is 7.48. The fraction of sp³-hybridized carbons (Fsp3) is 0.857. The molecule has 0 radical (unpaired) electrons. The normalized spacial score (nSPS) is 30.4. The average Bonchev–Trinajstić information content (AvgIpc) is 2.22. The minimum atomic E-state index is -0.218. The SMILES string of the molecule is CCCC1CCC(=O)C(C)(CCC(C)=O)C1. The van der Waals surface area contributed by atoms with E-state index in [1.807, 2.05) is 0 Å². The Kier molecular flexibility index (Phi) is 4.69. The van der Waals surface area contributed by atoms with Crippen molar-refractivity contribution in [3.63, 3.8) is 0 Å². The molecule has 2 unspecified atom stereocenters. The van der Waals surface area contributed by atoms with E-state index >= 15 is 0 Å². The Bertz CT molecular complexity index is 270. The van der Waals surface area contributed by atoms with Crippen LogP contribution in [0.3, 0.4) is 0 Å². The van der Waals surface area contributed by atoms with Crippen LogP contribution in [0.15, 0.2) is 0 Å². The van der Waals surface area contributed by atoms with E-state index in [1.54, 1.807) is 6.92 Å². The van der Waals surface area contributed by atoms with Crippen molar-refractivity contribution in [1.29, 1.82) is 0 Å². The first-order valence-electron chi connectivity index (χ1n) is 6.50. The summed E-state index contributed by atoms with van der Waals surface area (Å²) in [5.74, 6) is 1.27. The molecule has 0 bridgehead atoms. The third-order valence-corrected chi connectivity index (χ3v) is 3.92. The lowest BCUT2D eigenvalue weighted by Gasteiger charge is -2.36. The number of carbonyl (C=O) groups is 2. The first-order valence-corrected chi connectivity index (χ1v) is 6.50. The average molecular weight is 224 g/mol. The number of carbonyl (C=O) groups excluding carboxylic acids is 2. The number of hydrogen-bond donors (Lipinski definition) is 0. The summed E-state index contributed by atoms with van der Waals surface area (Å²) in [4.78, 5) is 23.0. The lowest BCUT2D eigenvalue weighted by atomic mass is 9.66. The summed E-state index contributed by atoms with van der Waals surface area (Å²) in [7, 11) is 0. The molecule has 1 rings (SSSR count). The molecule has 0 aromatic rings. The van der Waals surface area contributed by atoms with Gasteiger partial charge in [-0.1, -0.05) is 26.7 Å². The monoisotopic (exact) mass is 224 g/mol. The van der Waals surface area contributed by atoms with Gasteiger partial charge in [0.15, 0.2) is 0 Å². The van der Waals surface area contributed by atoms with Crippen LogP contribution in [0.4, 0.5) is 0 Å². The van der Waals surface area contributed by atoms with E-state index in [1.165, 1.54) is 12.8 Å². The van der Waals surface area contributed by atoms with E-state index < -0.39 is 0 Å². The Morgan fingerprint density at radius 3 is 2.75 bits per heavy atom. The molecule has 0 aromatic carbocycles. The lowest BCUT2D eigenvalue weighted by molar-refractivity contribution is -0.132. The molecule has 0 saturated heterocycles. The van der Waals surface area contributed by atoms with Crippen LogP contribution in [0.2, 0.25) is 0 Å². The molecule has 0 aromatic heterocycles. The zero-order chi connectivity index (χ0) is 12.2. The zero-order valence-electron chi connectivity index (χ0n) is 10.8. The van der Waals surface area contributed by atoms with Crippen molar-refractivity contribution in [3.05, 3.63) is 0 Å². The van der Waals surface area contributed by atoms with E-state index in [0.29, 0.717) is 18.1 Å². The van der Waals surface area contributed by atoms with Gasteiger partial charge in [0.2, 0.25) is 0 Å². The number of rotatable bonds is 5. The highest BCUT2D eigenvalue weighted by Gasteiger charge is 2.38. The van der Waals surface area contributed by atoms with E-state index in [0.717, 1.165) is 25.7 Å². The van der Waals surface area contributed by atoms with Gasteiger partial charge < -0.3 is 4.79 Å². The second-order valence-corrected chi connectivity index (χ2v) is 5.58. The zero-order valence-corrected chi connectivity index (χ0v) is 10.8. The molecule has 1 aliphatic rings. The molecule has 0 spiro atoms. The fourth-order valence-electron chi connectivity index (χ4n) is 2.84. The predicted molar refractivity (Wildman–Crippen MR) is 65.3 cm³/mol. The van der Waals surface area contributed by atoms with E-state index in [2.05, 4.69) is 13.8 Å². The Balaban J connectivity index is 2.59. The number of ketones is 2. The van der Waals surface area contributed by atoms with Crippen molar-refractivity contribution in [2.24, 2.45) is 11.3 Å². The summed E-state index contributed by atoms with van der Waals surface area (Å²) in [5.41, 5.74) is -0.218. The molecule has 92 valence electrons. The van der Waals surface area contributed by atoms with Crippen LogP contribution in [-0.2, 0) is 9.59 Å². The van der Waals surface area contributed by atoms with Gasteiger partial charge in [-0.3, -0.25) is 4.79 Å². The minimum absolute atomic E-state index is 0.201. The molecule has 2 nitrogen and oxygen atoms in total. The molecule has 0 amide bonds. The molecule has 1 fully saturated rings. The van der Waals surface area contributed by atoms with Crippen molar-refractivity contribution in [3.8, 4) is 0 Å². The second-order valence-electron chi connectivity index (χ2n) is 5.58. The molecule has 16 heavy (non-hydrogen) atoms. The summed E-state index contributed by atoms with van der Waals surface area (Å²) < 4.78 is 0. The maximum atomic E-state index is 12.0. The van der Waals surface area contributed by atoms with Gasteiger partial charge in [0, 0.05) is 18.3 Å². The van der Waals surface area contributed by atoms with E-state index in [-0.39, 0.29) is 11.2 Å². The Hall–Kier alpha value is -0.660. The predicted octanol–water partition coefficient (Wildman–Crippen LogP) is 3.53. The second kappa shape index (κ2) is 5.60. The third-order valence-electron chi connectivity index (χ3n) is 3.92. The molecule has 2 atom stereocenters. The Morgan fingerprint density at radius 1 is 1.50 bits per heavy atom. The topological polar surface area (TPSA) is 34.1 Å². The Morgan fingerprint density at radius 2 is 2.19 bits per heavy atom. The van der Waals surface area contributed by atoms with E-state index in [4.69, 9.17) is 0 Å². The van der Waals surface area contributed by atoms with Crippen LogP contribution in [0.25, 0.3) is 0 Å². The van der Waals surface area contributed by atoms with Gasteiger partial charge in [-0.2, -0.15) is 0 Å². The van der Waals surface area contributed by atoms with Crippen LogP contribution in [0.5, 0.6) is 0 Å². The van der Waals surface area contributed by atoms with Crippen LogP contribution in [0.1, 0.15) is 65.7 Å². The summed E-state index contributed by atoms with van der Waals surface area (Å²) >= 11 is 0. The molecule has 2 heteroatoms. The van der Waals surface area contributed by atoms with Gasteiger partial charge in [0.1, 0.15) is 11.6 Å². The maximum Gasteiger partial charge on any atom is 0.138 e. The standard InChI is InChI=1S/C14H24O2/c1-4-5-12-6-7-13(16)14(3,10-12)9-8-11(2)15/h12H,4-10H2,1-3H3. The third kappa shape index (κ3) is 3.43. The minimum Gasteiger partial charge on any atom is -0.300 e. The lowest BCUT2D eigenvalue weighted by Crippen LogP contribution is -2.35. The number of hydrogen-bond acceptors (Lipinski definition) is 2. The molecule has 1 aliphatic carbocycles. The maximum absolute atomic E-state index is 12.0. The van der Waals surface area contributed by atoms with Crippen LogP contribution in [0, 0.1) is 11.3 Å². The summed E-state index contributed by atoms with van der Waals surface area (Å²) in [6.07, 6.45) is 6.50. The van der Waals surface area contributed by atoms with Crippen molar-refractivity contribution < 1.29 is 9.59 Å². The van der Waals surface area contributed by atoms with Crippen molar-refractivity contribution in [2.75, 3.05) is 0 Å². The van der Waals surface area contributed by atoms with Gasteiger partial charge in [0.25, 0.3) is 0 Å². The highest BCUT2D eigenvalue weighted by atomic mass is 16.1. The largest absolute Gasteiger partial charge is 0.300 e. The highest BCUT2D eigenvalue weighted by Crippen LogP contribution is 2.41. The van der Waals surface area contributed by atoms with Crippen molar-refractivity contribution in [2.45, 2.75) is 65.7 Å². The summed E-state index contributed by atoms with van der Waals surface area (Å²) in [6, 6.07) is 0. The van der Waals surface area contributed by atoms with Gasteiger partial charge in [-0.15, -0.1) is 0 Å². The van der Waals surface area contributed by atoms with Gasteiger partial charge in [-0.25, -0.2) is 0 Å². The summed E-state index contributed by atoms with van der Waals surface area (Å²) in [6.45, 7) is 5.86. The van der Waals surface area contributed by atoms with Gasteiger partial charge in [-0.05, 0) is 32.1 Å². The van der Waals surface area contributed by atoms with Gasteiger partial charge in [0.05, 0.1) is 0 Å². The van der Waals surface area contributed by atoms with E-state index in [9.17, 15) is 9.59 Å². The highest BCUT2D eigenvalue weighted by molar-refractivity contribution is 5.86.